The summed E-state index contributed by atoms with van der Waals surface area (Å²) in [5.74, 6) is -0.290. The Kier molecular flexibility index (Phi) is 3.89. The van der Waals surface area contributed by atoms with Gasteiger partial charge < -0.3 is 9.15 Å². The van der Waals surface area contributed by atoms with E-state index in [4.69, 9.17) is 9.15 Å². The Morgan fingerprint density at radius 3 is 3.00 bits per heavy atom. The molecule has 1 heterocycles. The van der Waals surface area contributed by atoms with E-state index in [1.165, 1.54) is 0 Å². The fraction of sp³-hybridized carbons (Fsp3) is 0.250. The highest BCUT2D eigenvalue weighted by Gasteiger charge is 2.20. The SMILES string of the molecule is CCOC(=O)C(Br)c1cc(Br)c2occc2c1. The van der Waals surface area contributed by atoms with E-state index < -0.39 is 4.83 Å². The lowest BCUT2D eigenvalue weighted by atomic mass is 10.1. The van der Waals surface area contributed by atoms with Crippen molar-refractivity contribution in [3.8, 4) is 0 Å². The van der Waals surface area contributed by atoms with Crippen molar-refractivity contribution >= 4 is 48.8 Å². The quantitative estimate of drug-likeness (QED) is 0.607. The molecule has 90 valence electrons. The number of furan rings is 1. The molecular formula is C12H10Br2O3. The molecule has 0 fully saturated rings. The van der Waals surface area contributed by atoms with Gasteiger partial charge in [0.05, 0.1) is 17.3 Å². The molecule has 3 nitrogen and oxygen atoms in total. The molecule has 0 bridgehead atoms. The molecule has 5 heteroatoms. The summed E-state index contributed by atoms with van der Waals surface area (Å²) in [5.41, 5.74) is 1.61. The van der Waals surface area contributed by atoms with E-state index in [0.29, 0.717) is 6.61 Å². The highest BCUT2D eigenvalue weighted by molar-refractivity contribution is 9.10. The monoisotopic (exact) mass is 360 g/mol. The minimum absolute atomic E-state index is 0.290. The van der Waals surface area contributed by atoms with Crippen LogP contribution in [0, 0.1) is 0 Å². The van der Waals surface area contributed by atoms with Gasteiger partial charge in [0.15, 0.2) is 0 Å². The van der Waals surface area contributed by atoms with Gasteiger partial charge >= 0.3 is 5.97 Å². The van der Waals surface area contributed by atoms with Crippen LogP contribution in [-0.4, -0.2) is 12.6 Å². The van der Waals surface area contributed by atoms with Crippen molar-refractivity contribution in [3.05, 3.63) is 34.5 Å². The summed E-state index contributed by atoms with van der Waals surface area (Å²) in [5, 5.41) is 0.947. The molecule has 0 N–H and O–H groups in total. The van der Waals surface area contributed by atoms with Crippen molar-refractivity contribution < 1.29 is 13.9 Å². The number of ether oxygens (including phenoxy) is 1. The molecular weight excluding hydrogens is 352 g/mol. The molecule has 0 saturated heterocycles. The van der Waals surface area contributed by atoms with Crippen LogP contribution in [0.15, 0.2) is 33.4 Å². The first kappa shape index (κ1) is 12.6. The smallest absolute Gasteiger partial charge is 0.324 e. The van der Waals surface area contributed by atoms with Crippen LogP contribution in [0.2, 0.25) is 0 Å². The van der Waals surface area contributed by atoms with Crippen LogP contribution in [0.1, 0.15) is 17.3 Å². The molecule has 17 heavy (non-hydrogen) atoms. The molecule has 2 rings (SSSR count). The fourth-order valence-corrected chi connectivity index (χ4v) is 2.54. The number of hydrogen-bond donors (Lipinski definition) is 0. The Balaban J connectivity index is 2.38. The lowest BCUT2D eigenvalue weighted by molar-refractivity contribution is -0.142. The number of alkyl halides is 1. The summed E-state index contributed by atoms with van der Waals surface area (Å²) in [6, 6.07) is 5.61. The van der Waals surface area contributed by atoms with Crippen LogP contribution >= 0.6 is 31.9 Å². The second kappa shape index (κ2) is 5.23. The Bertz CT molecular complexity index is 548. The van der Waals surface area contributed by atoms with Gasteiger partial charge in [0.2, 0.25) is 0 Å². The molecule has 0 amide bonds. The molecule has 1 aromatic carbocycles. The van der Waals surface area contributed by atoms with E-state index in [9.17, 15) is 4.79 Å². The summed E-state index contributed by atoms with van der Waals surface area (Å²) in [4.78, 5) is 11.2. The number of fused-ring (bicyclic) bond motifs is 1. The zero-order valence-corrected chi connectivity index (χ0v) is 12.2. The van der Waals surface area contributed by atoms with Gasteiger partial charge in [-0.2, -0.15) is 0 Å². The molecule has 1 aromatic heterocycles. The van der Waals surface area contributed by atoms with Crippen molar-refractivity contribution in [3.63, 3.8) is 0 Å². The third-order valence-electron chi connectivity index (χ3n) is 2.31. The second-order valence-corrected chi connectivity index (χ2v) is 5.23. The Labute approximate surface area is 115 Å². The van der Waals surface area contributed by atoms with Crippen molar-refractivity contribution in [2.45, 2.75) is 11.8 Å². The number of rotatable bonds is 3. The summed E-state index contributed by atoms with van der Waals surface area (Å²) in [7, 11) is 0. The van der Waals surface area contributed by atoms with Crippen LogP contribution < -0.4 is 0 Å². The van der Waals surface area contributed by atoms with E-state index in [2.05, 4.69) is 31.9 Å². The topological polar surface area (TPSA) is 39.4 Å². The van der Waals surface area contributed by atoms with Crippen LogP contribution in [-0.2, 0) is 9.53 Å². The van der Waals surface area contributed by atoms with Crippen molar-refractivity contribution in [1.82, 2.24) is 0 Å². The van der Waals surface area contributed by atoms with Gasteiger partial charge in [-0.25, -0.2) is 0 Å². The van der Waals surface area contributed by atoms with Gasteiger partial charge in [-0.05, 0) is 46.6 Å². The third-order valence-corrected chi connectivity index (χ3v) is 3.81. The maximum atomic E-state index is 11.6. The summed E-state index contributed by atoms with van der Waals surface area (Å²) in [6.07, 6.45) is 1.62. The zero-order valence-electron chi connectivity index (χ0n) is 9.07. The maximum absolute atomic E-state index is 11.6. The molecule has 0 aliphatic carbocycles. The van der Waals surface area contributed by atoms with E-state index in [1.807, 2.05) is 18.2 Å². The van der Waals surface area contributed by atoms with Crippen LogP contribution in [0.4, 0.5) is 0 Å². The fourth-order valence-electron chi connectivity index (χ4n) is 1.56. The van der Waals surface area contributed by atoms with Gasteiger partial charge in [0.1, 0.15) is 10.4 Å². The number of halogens is 2. The lowest BCUT2D eigenvalue weighted by Crippen LogP contribution is -2.10. The van der Waals surface area contributed by atoms with E-state index >= 15 is 0 Å². The average molecular weight is 362 g/mol. The number of esters is 1. The number of benzene rings is 1. The highest BCUT2D eigenvalue weighted by atomic mass is 79.9. The molecule has 2 aromatic rings. The summed E-state index contributed by atoms with van der Waals surface area (Å²) < 4.78 is 11.1. The summed E-state index contributed by atoms with van der Waals surface area (Å²) in [6.45, 7) is 2.16. The first-order valence-electron chi connectivity index (χ1n) is 5.11. The molecule has 0 radical (unpaired) electrons. The normalized spacial score (nSPS) is 12.6. The van der Waals surface area contributed by atoms with Gasteiger partial charge in [0, 0.05) is 5.39 Å². The minimum Gasteiger partial charge on any atom is -0.465 e. The van der Waals surface area contributed by atoms with E-state index in [0.717, 1.165) is 21.0 Å². The molecule has 1 unspecified atom stereocenters. The number of carbonyl (C=O) groups is 1. The van der Waals surface area contributed by atoms with Crippen molar-refractivity contribution in [2.75, 3.05) is 6.61 Å². The predicted octanol–water partition coefficient (Wildman–Crippen LogP) is 4.19. The van der Waals surface area contributed by atoms with Gasteiger partial charge in [-0.1, -0.05) is 15.9 Å². The van der Waals surface area contributed by atoms with Gasteiger partial charge in [-0.3, -0.25) is 4.79 Å². The van der Waals surface area contributed by atoms with Gasteiger partial charge in [0.25, 0.3) is 0 Å². The van der Waals surface area contributed by atoms with Crippen molar-refractivity contribution in [1.29, 1.82) is 0 Å². The summed E-state index contributed by atoms with van der Waals surface area (Å²) >= 11 is 6.75. The number of hydrogen-bond acceptors (Lipinski definition) is 3. The van der Waals surface area contributed by atoms with Gasteiger partial charge in [-0.15, -0.1) is 0 Å². The first-order chi connectivity index (χ1) is 8.13. The van der Waals surface area contributed by atoms with Crippen LogP contribution in [0.5, 0.6) is 0 Å². The van der Waals surface area contributed by atoms with E-state index in [1.54, 1.807) is 13.2 Å². The first-order valence-corrected chi connectivity index (χ1v) is 6.81. The molecule has 0 aliphatic heterocycles. The van der Waals surface area contributed by atoms with E-state index in [-0.39, 0.29) is 5.97 Å². The van der Waals surface area contributed by atoms with Crippen molar-refractivity contribution in [2.24, 2.45) is 0 Å². The standard InChI is InChI=1S/C12H10Br2O3/c1-2-16-12(15)10(14)8-5-7-3-4-17-11(7)9(13)6-8/h3-6,10H,2H2,1H3. The molecule has 0 spiro atoms. The third kappa shape index (κ3) is 2.55. The molecule has 1 atom stereocenters. The Morgan fingerprint density at radius 1 is 1.53 bits per heavy atom. The Hall–Kier alpha value is -0.810. The average Bonchev–Trinajstić information content (AvgIpc) is 2.77. The maximum Gasteiger partial charge on any atom is 0.324 e. The minimum atomic E-state index is -0.460. The highest BCUT2D eigenvalue weighted by Crippen LogP contribution is 2.32. The largest absolute Gasteiger partial charge is 0.465 e. The molecule has 0 aliphatic rings. The Morgan fingerprint density at radius 2 is 2.29 bits per heavy atom. The number of carbonyl (C=O) groups excluding carboxylic acids is 1. The second-order valence-electron chi connectivity index (χ2n) is 3.46. The van der Waals surface area contributed by atoms with Crippen LogP contribution in [0.25, 0.3) is 11.0 Å². The lowest BCUT2D eigenvalue weighted by Gasteiger charge is -2.09. The van der Waals surface area contributed by atoms with Crippen LogP contribution in [0.3, 0.4) is 0 Å². The predicted molar refractivity (Wildman–Crippen MR) is 72.2 cm³/mol. The molecule has 0 saturated carbocycles. The zero-order chi connectivity index (χ0) is 12.4.